The van der Waals surface area contributed by atoms with Crippen molar-refractivity contribution in [1.29, 1.82) is 0 Å². The van der Waals surface area contributed by atoms with Crippen molar-refractivity contribution in [2.24, 2.45) is 0 Å². The third kappa shape index (κ3) is 5.10. The highest BCUT2D eigenvalue weighted by molar-refractivity contribution is 7.92. The molecule has 0 bridgehead atoms. The zero-order chi connectivity index (χ0) is 23.6. The second-order valence-corrected chi connectivity index (χ2v) is 10.1. The molecule has 0 fully saturated rings. The average molecular weight is 482 g/mol. The molecule has 168 valence electrons. The minimum Gasteiger partial charge on any atom is -0.332 e. The third-order valence-corrected chi connectivity index (χ3v) is 7.38. The number of nitrogens with one attached hydrogen (secondary N) is 2. The predicted molar refractivity (Wildman–Crippen MR) is 128 cm³/mol. The van der Waals surface area contributed by atoms with Crippen molar-refractivity contribution in [2.45, 2.75) is 18.7 Å². The van der Waals surface area contributed by atoms with Crippen LogP contribution in [0.5, 0.6) is 0 Å². The molecule has 2 N–H and O–H groups in total. The Bertz CT molecular complexity index is 1430. The van der Waals surface area contributed by atoms with Gasteiger partial charge in [-0.2, -0.15) is 0 Å². The summed E-state index contributed by atoms with van der Waals surface area (Å²) < 4.78 is 41.2. The van der Waals surface area contributed by atoms with E-state index >= 15 is 0 Å². The zero-order valence-electron chi connectivity index (χ0n) is 17.8. The molecular formula is C24H20FN3O3S2. The van der Waals surface area contributed by atoms with Gasteiger partial charge in [-0.25, -0.2) is 17.8 Å². The molecule has 0 aliphatic rings. The van der Waals surface area contributed by atoms with Gasteiger partial charge in [-0.1, -0.05) is 41.7 Å². The summed E-state index contributed by atoms with van der Waals surface area (Å²) in [6.07, 6.45) is 1.53. The van der Waals surface area contributed by atoms with Crippen LogP contribution in [0, 0.1) is 19.7 Å². The number of hydrogen-bond donors (Lipinski definition) is 2. The Morgan fingerprint density at radius 3 is 2.36 bits per heavy atom. The molecule has 4 aromatic rings. The van der Waals surface area contributed by atoms with Crippen LogP contribution in [-0.4, -0.2) is 19.2 Å². The Morgan fingerprint density at radius 2 is 1.64 bits per heavy atom. The fraction of sp³-hybridized carbons (Fsp3) is 0.0833. The number of ketones is 1. The molecule has 0 spiro atoms. The maximum absolute atomic E-state index is 13.5. The van der Waals surface area contributed by atoms with Crippen molar-refractivity contribution in [2.75, 3.05) is 10.0 Å². The molecule has 0 saturated heterocycles. The summed E-state index contributed by atoms with van der Waals surface area (Å²) in [5, 5.41) is 3.65. The van der Waals surface area contributed by atoms with E-state index in [2.05, 4.69) is 15.0 Å². The maximum atomic E-state index is 13.5. The Labute approximate surface area is 195 Å². The Hall–Kier alpha value is -3.56. The lowest BCUT2D eigenvalue weighted by Crippen LogP contribution is -2.14. The van der Waals surface area contributed by atoms with Gasteiger partial charge in [-0.15, -0.1) is 0 Å². The van der Waals surface area contributed by atoms with E-state index in [9.17, 15) is 17.6 Å². The fourth-order valence-electron chi connectivity index (χ4n) is 3.22. The van der Waals surface area contributed by atoms with Crippen LogP contribution in [0.25, 0.3) is 0 Å². The number of anilines is 3. The molecule has 33 heavy (non-hydrogen) atoms. The van der Waals surface area contributed by atoms with Crippen LogP contribution in [0.15, 0.2) is 77.8 Å². The number of carbonyl (C=O) groups is 1. The number of aryl methyl sites for hydroxylation is 2. The smallest absolute Gasteiger partial charge is 0.262 e. The number of carbonyl (C=O) groups excluding carboxylic acids is 1. The molecular weight excluding hydrogens is 461 g/mol. The summed E-state index contributed by atoms with van der Waals surface area (Å²) in [4.78, 5) is 17.4. The SMILES string of the molecule is Cc1ccccc1C(=O)c1cnc(Nc2ccc(NS(=O)(=O)c3cc(F)ccc3C)cc2)s1. The lowest BCUT2D eigenvalue weighted by molar-refractivity contribution is 0.104. The van der Waals surface area contributed by atoms with E-state index in [4.69, 9.17) is 0 Å². The van der Waals surface area contributed by atoms with E-state index in [1.54, 1.807) is 37.3 Å². The minimum atomic E-state index is -3.93. The molecule has 0 saturated carbocycles. The molecule has 1 aromatic heterocycles. The first-order chi connectivity index (χ1) is 15.7. The van der Waals surface area contributed by atoms with Crippen LogP contribution in [-0.2, 0) is 10.0 Å². The van der Waals surface area contributed by atoms with Gasteiger partial charge < -0.3 is 5.32 Å². The summed E-state index contributed by atoms with van der Waals surface area (Å²) in [5.74, 6) is -0.708. The van der Waals surface area contributed by atoms with Crippen LogP contribution in [0.4, 0.5) is 20.9 Å². The van der Waals surface area contributed by atoms with Gasteiger partial charge in [0.15, 0.2) is 5.13 Å². The highest BCUT2D eigenvalue weighted by Gasteiger charge is 2.18. The fourth-order valence-corrected chi connectivity index (χ4v) is 5.32. The van der Waals surface area contributed by atoms with Crippen LogP contribution in [0.2, 0.25) is 0 Å². The summed E-state index contributed by atoms with van der Waals surface area (Å²) in [7, 11) is -3.93. The number of nitrogens with zero attached hydrogens (tertiary/aromatic N) is 1. The molecule has 0 aliphatic heterocycles. The van der Waals surface area contributed by atoms with E-state index in [1.807, 2.05) is 25.1 Å². The quantitative estimate of drug-likeness (QED) is 0.332. The van der Waals surface area contributed by atoms with Gasteiger partial charge in [-0.3, -0.25) is 9.52 Å². The molecule has 0 amide bonds. The highest BCUT2D eigenvalue weighted by atomic mass is 32.2. The Morgan fingerprint density at radius 1 is 0.939 bits per heavy atom. The first-order valence-electron chi connectivity index (χ1n) is 9.95. The van der Waals surface area contributed by atoms with Crippen LogP contribution < -0.4 is 10.0 Å². The molecule has 3 aromatic carbocycles. The number of sulfonamides is 1. The van der Waals surface area contributed by atoms with Gasteiger partial charge in [0, 0.05) is 16.9 Å². The highest BCUT2D eigenvalue weighted by Crippen LogP contribution is 2.27. The second-order valence-electron chi connectivity index (χ2n) is 7.39. The van der Waals surface area contributed by atoms with Crippen molar-refractivity contribution in [3.05, 3.63) is 100 Å². The Balaban J connectivity index is 1.46. The maximum Gasteiger partial charge on any atom is 0.262 e. The van der Waals surface area contributed by atoms with Crippen molar-refractivity contribution >= 4 is 43.6 Å². The standard InChI is InChI=1S/C24H20FN3O3S2/c1-15-5-3-4-6-20(15)23(29)21-14-26-24(32-21)27-18-9-11-19(12-10-18)28-33(30,31)22-13-17(25)8-7-16(22)2/h3-14,28H,1-2H3,(H,26,27). The molecule has 0 radical (unpaired) electrons. The van der Waals surface area contributed by atoms with Gasteiger partial charge in [0.25, 0.3) is 10.0 Å². The largest absolute Gasteiger partial charge is 0.332 e. The number of thiazole rings is 1. The number of halogens is 1. The third-order valence-electron chi connectivity index (χ3n) is 4.95. The molecule has 0 aliphatic carbocycles. The summed E-state index contributed by atoms with van der Waals surface area (Å²) in [5.41, 5.74) is 2.99. The van der Waals surface area contributed by atoms with E-state index in [0.717, 1.165) is 11.6 Å². The lowest BCUT2D eigenvalue weighted by Gasteiger charge is -2.11. The van der Waals surface area contributed by atoms with E-state index in [0.29, 0.717) is 32.5 Å². The van der Waals surface area contributed by atoms with Gasteiger partial charge >= 0.3 is 0 Å². The number of hydrogen-bond acceptors (Lipinski definition) is 6. The van der Waals surface area contributed by atoms with E-state index in [1.165, 1.54) is 29.7 Å². The Kier molecular flexibility index (Phi) is 6.26. The zero-order valence-corrected chi connectivity index (χ0v) is 19.4. The summed E-state index contributed by atoms with van der Waals surface area (Å²) in [6.45, 7) is 3.49. The topological polar surface area (TPSA) is 88.2 Å². The summed E-state index contributed by atoms with van der Waals surface area (Å²) in [6, 6.07) is 17.5. The van der Waals surface area contributed by atoms with E-state index in [-0.39, 0.29) is 10.7 Å². The van der Waals surface area contributed by atoms with Gasteiger partial charge in [0.1, 0.15) is 5.82 Å². The van der Waals surface area contributed by atoms with Gasteiger partial charge in [0.05, 0.1) is 16.0 Å². The molecule has 1 heterocycles. The first kappa shape index (κ1) is 22.6. The first-order valence-corrected chi connectivity index (χ1v) is 12.2. The van der Waals surface area contributed by atoms with Crippen molar-refractivity contribution in [1.82, 2.24) is 4.98 Å². The average Bonchev–Trinajstić information content (AvgIpc) is 3.25. The molecule has 0 atom stereocenters. The van der Waals surface area contributed by atoms with Crippen LogP contribution in [0.1, 0.15) is 26.4 Å². The van der Waals surface area contributed by atoms with Crippen molar-refractivity contribution in [3.8, 4) is 0 Å². The summed E-state index contributed by atoms with van der Waals surface area (Å²) >= 11 is 1.23. The molecule has 0 unspecified atom stereocenters. The number of rotatable bonds is 7. The monoisotopic (exact) mass is 481 g/mol. The van der Waals surface area contributed by atoms with Gasteiger partial charge in [-0.05, 0) is 61.4 Å². The number of benzene rings is 3. The van der Waals surface area contributed by atoms with E-state index < -0.39 is 15.8 Å². The van der Waals surface area contributed by atoms with Crippen LogP contribution in [0.3, 0.4) is 0 Å². The number of aromatic nitrogens is 1. The normalized spacial score (nSPS) is 11.2. The molecule has 9 heteroatoms. The molecule has 6 nitrogen and oxygen atoms in total. The van der Waals surface area contributed by atoms with Crippen molar-refractivity contribution < 1.29 is 17.6 Å². The lowest BCUT2D eigenvalue weighted by atomic mass is 10.0. The molecule has 4 rings (SSSR count). The second kappa shape index (κ2) is 9.13. The van der Waals surface area contributed by atoms with Crippen LogP contribution >= 0.6 is 11.3 Å². The minimum absolute atomic E-state index is 0.0870. The predicted octanol–water partition coefficient (Wildman–Crippen LogP) is 5.67. The van der Waals surface area contributed by atoms with Gasteiger partial charge in [0.2, 0.25) is 5.78 Å². The van der Waals surface area contributed by atoms with Crippen molar-refractivity contribution in [3.63, 3.8) is 0 Å².